The van der Waals surface area contributed by atoms with Gasteiger partial charge in [0.2, 0.25) is 15.9 Å². The van der Waals surface area contributed by atoms with Crippen molar-refractivity contribution in [2.45, 2.75) is 38.6 Å². The summed E-state index contributed by atoms with van der Waals surface area (Å²) in [6.07, 6.45) is 4.43. The van der Waals surface area contributed by atoms with Crippen LogP contribution in [0.5, 0.6) is 5.75 Å². The maximum Gasteiger partial charge on any atom is 0.246 e. The Bertz CT molecular complexity index is 953. The van der Waals surface area contributed by atoms with Gasteiger partial charge in [0.15, 0.2) is 0 Å². The lowest BCUT2D eigenvalue weighted by Gasteiger charge is -2.37. The second kappa shape index (κ2) is 10.2. The van der Waals surface area contributed by atoms with Crippen LogP contribution in [0.4, 0.5) is 5.69 Å². The second-order valence-corrected chi connectivity index (χ2v) is 10.00. The van der Waals surface area contributed by atoms with Gasteiger partial charge in [-0.2, -0.15) is 0 Å². The zero-order chi connectivity index (χ0) is 22.4. The van der Waals surface area contributed by atoms with Crippen molar-refractivity contribution < 1.29 is 17.9 Å². The highest BCUT2D eigenvalue weighted by molar-refractivity contribution is 7.92. The van der Waals surface area contributed by atoms with Crippen LogP contribution in [-0.2, 0) is 21.2 Å². The summed E-state index contributed by atoms with van der Waals surface area (Å²) in [5.74, 6) is 1.05. The van der Waals surface area contributed by atoms with Gasteiger partial charge in [0.1, 0.15) is 11.8 Å². The van der Waals surface area contributed by atoms with Gasteiger partial charge in [0.05, 0.1) is 19.1 Å². The number of piperidine rings is 1. The van der Waals surface area contributed by atoms with E-state index >= 15 is 0 Å². The highest BCUT2D eigenvalue weighted by atomic mass is 32.2. The summed E-state index contributed by atoms with van der Waals surface area (Å²) < 4.78 is 31.7. The number of anilines is 1. The number of carbonyl (C=O) groups is 1. The molecule has 3 rings (SSSR count). The number of benzene rings is 2. The SMILES string of the molecule is CC[C@@H](C(=O)N1CCC(Cc2ccccc2)CC1)N(c1ccc(OC)cc1)S(C)(=O)=O. The van der Waals surface area contributed by atoms with Crippen molar-refractivity contribution in [1.29, 1.82) is 0 Å². The number of likely N-dealkylation sites (tertiary alicyclic amines) is 1. The van der Waals surface area contributed by atoms with Crippen LogP contribution in [0, 0.1) is 5.92 Å². The zero-order valence-corrected chi connectivity index (χ0v) is 19.3. The van der Waals surface area contributed by atoms with E-state index < -0.39 is 16.1 Å². The molecule has 0 saturated carbocycles. The van der Waals surface area contributed by atoms with Gasteiger partial charge in [-0.25, -0.2) is 8.42 Å². The van der Waals surface area contributed by atoms with Crippen molar-refractivity contribution in [3.05, 3.63) is 60.2 Å². The summed E-state index contributed by atoms with van der Waals surface area (Å²) in [6, 6.07) is 16.4. The van der Waals surface area contributed by atoms with E-state index in [1.54, 1.807) is 31.4 Å². The Kier molecular flexibility index (Phi) is 7.59. The molecular weight excluding hydrogens is 412 g/mol. The van der Waals surface area contributed by atoms with Gasteiger partial charge in [0.25, 0.3) is 0 Å². The van der Waals surface area contributed by atoms with Gasteiger partial charge >= 0.3 is 0 Å². The zero-order valence-electron chi connectivity index (χ0n) is 18.5. The monoisotopic (exact) mass is 444 g/mol. The van der Waals surface area contributed by atoms with E-state index in [-0.39, 0.29) is 5.91 Å². The molecule has 0 unspecified atom stereocenters. The number of rotatable bonds is 8. The van der Waals surface area contributed by atoms with Gasteiger partial charge < -0.3 is 9.64 Å². The lowest BCUT2D eigenvalue weighted by Crippen LogP contribution is -2.52. The fourth-order valence-corrected chi connectivity index (χ4v) is 5.49. The smallest absolute Gasteiger partial charge is 0.246 e. The first kappa shape index (κ1) is 23.1. The Morgan fingerprint density at radius 3 is 2.23 bits per heavy atom. The van der Waals surface area contributed by atoms with Crippen LogP contribution in [0.15, 0.2) is 54.6 Å². The Morgan fingerprint density at radius 1 is 1.10 bits per heavy atom. The van der Waals surface area contributed by atoms with E-state index in [0.717, 1.165) is 25.5 Å². The maximum absolute atomic E-state index is 13.4. The molecule has 1 amide bonds. The molecule has 2 aromatic carbocycles. The molecule has 0 spiro atoms. The molecule has 1 aliphatic rings. The Hall–Kier alpha value is -2.54. The van der Waals surface area contributed by atoms with Gasteiger partial charge in [0, 0.05) is 13.1 Å². The molecule has 7 heteroatoms. The van der Waals surface area contributed by atoms with E-state index in [9.17, 15) is 13.2 Å². The van der Waals surface area contributed by atoms with Gasteiger partial charge in [-0.3, -0.25) is 9.10 Å². The third-order valence-electron chi connectivity index (χ3n) is 5.93. The summed E-state index contributed by atoms with van der Waals surface area (Å²) in [4.78, 5) is 15.2. The lowest BCUT2D eigenvalue weighted by atomic mass is 9.90. The lowest BCUT2D eigenvalue weighted by molar-refractivity contribution is -0.133. The Balaban J connectivity index is 1.71. The van der Waals surface area contributed by atoms with Crippen molar-refractivity contribution in [2.75, 3.05) is 30.8 Å². The molecule has 0 N–H and O–H groups in total. The summed E-state index contributed by atoms with van der Waals surface area (Å²) in [5, 5.41) is 0. The minimum absolute atomic E-state index is 0.123. The van der Waals surface area contributed by atoms with E-state index in [1.165, 1.54) is 9.87 Å². The van der Waals surface area contributed by atoms with Crippen molar-refractivity contribution in [2.24, 2.45) is 5.92 Å². The minimum Gasteiger partial charge on any atom is -0.497 e. The molecule has 168 valence electrons. The number of ether oxygens (including phenoxy) is 1. The van der Waals surface area contributed by atoms with Crippen LogP contribution in [0.2, 0.25) is 0 Å². The third-order valence-corrected chi connectivity index (χ3v) is 7.11. The largest absolute Gasteiger partial charge is 0.497 e. The quantitative estimate of drug-likeness (QED) is 0.622. The molecule has 1 atom stereocenters. The maximum atomic E-state index is 13.4. The Labute approximate surface area is 185 Å². The standard InChI is InChI=1S/C24H32N2O4S/c1-4-23(26(31(3,28)29)21-10-12-22(30-2)13-11-21)24(27)25-16-14-20(15-17-25)18-19-8-6-5-7-9-19/h5-13,20,23H,4,14-18H2,1-3H3/t23-/m0/s1. The first-order chi connectivity index (χ1) is 14.8. The van der Waals surface area contributed by atoms with E-state index in [0.29, 0.717) is 36.9 Å². The normalized spacial score (nSPS) is 16.0. The molecule has 1 heterocycles. The molecule has 0 bridgehead atoms. The van der Waals surface area contributed by atoms with E-state index in [2.05, 4.69) is 24.3 Å². The van der Waals surface area contributed by atoms with Gasteiger partial charge in [-0.1, -0.05) is 37.3 Å². The molecule has 0 radical (unpaired) electrons. The number of nitrogens with zero attached hydrogens (tertiary/aromatic N) is 2. The first-order valence-electron chi connectivity index (χ1n) is 10.8. The van der Waals surface area contributed by atoms with Gasteiger partial charge in [-0.15, -0.1) is 0 Å². The molecule has 31 heavy (non-hydrogen) atoms. The number of carbonyl (C=O) groups excluding carboxylic acids is 1. The Morgan fingerprint density at radius 2 is 1.71 bits per heavy atom. The molecular formula is C24H32N2O4S. The molecule has 1 aliphatic heterocycles. The topological polar surface area (TPSA) is 66.9 Å². The fraction of sp³-hybridized carbons (Fsp3) is 0.458. The van der Waals surface area contributed by atoms with Crippen LogP contribution in [0.3, 0.4) is 0 Å². The van der Waals surface area contributed by atoms with E-state index in [1.807, 2.05) is 17.9 Å². The third kappa shape index (κ3) is 5.79. The van der Waals surface area contributed by atoms with Crippen LogP contribution in [0.1, 0.15) is 31.7 Å². The van der Waals surface area contributed by atoms with Crippen LogP contribution in [-0.4, -0.2) is 51.7 Å². The molecule has 1 fully saturated rings. The average Bonchev–Trinajstić information content (AvgIpc) is 2.77. The molecule has 2 aromatic rings. The molecule has 1 saturated heterocycles. The number of methoxy groups -OCH3 is 1. The molecule has 6 nitrogen and oxygen atoms in total. The van der Waals surface area contributed by atoms with Crippen molar-refractivity contribution in [3.8, 4) is 5.75 Å². The summed E-state index contributed by atoms with van der Waals surface area (Å²) >= 11 is 0. The first-order valence-corrected chi connectivity index (χ1v) is 12.6. The number of amides is 1. The average molecular weight is 445 g/mol. The molecule has 0 aromatic heterocycles. The minimum atomic E-state index is -3.64. The van der Waals surface area contributed by atoms with Crippen LogP contribution < -0.4 is 9.04 Å². The van der Waals surface area contributed by atoms with Gasteiger partial charge in [-0.05, 0) is 61.4 Å². The van der Waals surface area contributed by atoms with Crippen molar-refractivity contribution >= 4 is 21.6 Å². The van der Waals surface area contributed by atoms with E-state index in [4.69, 9.17) is 4.74 Å². The predicted molar refractivity (Wildman–Crippen MR) is 124 cm³/mol. The highest BCUT2D eigenvalue weighted by Gasteiger charge is 2.35. The highest BCUT2D eigenvalue weighted by Crippen LogP contribution is 2.28. The predicted octanol–water partition coefficient (Wildman–Crippen LogP) is 3.72. The summed E-state index contributed by atoms with van der Waals surface area (Å²) in [5.41, 5.74) is 1.80. The van der Waals surface area contributed by atoms with Crippen LogP contribution >= 0.6 is 0 Å². The summed E-state index contributed by atoms with van der Waals surface area (Å²) in [7, 11) is -2.08. The number of hydrogen-bond donors (Lipinski definition) is 0. The second-order valence-electron chi connectivity index (χ2n) is 8.14. The number of sulfonamides is 1. The fourth-order valence-electron chi connectivity index (χ4n) is 4.29. The van der Waals surface area contributed by atoms with Crippen LogP contribution in [0.25, 0.3) is 0 Å². The number of hydrogen-bond acceptors (Lipinski definition) is 4. The molecule has 0 aliphatic carbocycles. The van der Waals surface area contributed by atoms with Crippen molar-refractivity contribution in [3.63, 3.8) is 0 Å². The van der Waals surface area contributed by atoms with Crippen molar-refractivity contribution in [1.82, 2.24) is 4.90 Å². The summed E-state index contributed by atoms with van der Waals surface area (Å²) in [6.45, 7) is 3.17.